The molecule has 0 aliphatic heterocycles. The minimum atomic E-state index is 0.357. The van der Waals surface area contributed by atoms with Crippen LogP contribution in [0.15, 0.2) is 22.6 Å². The van der Waals surface area contributed by atoms with Crippen LogP contribution in [0.2, 0.25) is 0 Å². The molecule has 108 valence electrons. The predicted octanol–water partition coefficient (Wildman–Crippen LogP) is 0.992. The van der Waals surface area contributed by atoms with Gasteiger partial charge in [0.1, 0.15) is 0 Å². The number of benzene rings is 1. The van der Waals surface area contributed by atoms with E-state index in [1.54, 1.807) is 18.9 Å². The first-order valence-corrected chi connectivity index (χ1v) is 6.55. The number of hydrogen-bond donors (Lipinski definition) is 1. The van der Waals surface area contributed by atoms with Gasteiger partial charge in [0, 0.05) is 5.56 Å². The third-order valence-corrected chi connectivity index (χ3v) is 3.00. The Kier molecular flexibility index (Phi) is 4.41. The van der Waals surface area contributed by atoms with E-state index in [9.17, 15) is 0 Å². The van der Waals surface area contributed by atoms with Crippen LogP contribution in [0.1, 0.15) is 0 Å². The van der Waals surface area contributed by atoms with E-state index in [1.807, 2.05) is 32.3 Å². The highest BCUT2D eigenvalue weighted by atomic mass is 32.1. The summed E-state index contributed by atoms with van der Waals surface area (Å²) in [4.78, 5) is 1.56. The summed E-state index contributed by atoms with van der Waals surface area (Å²) in [6.45, 7) is 0.648. The summed E-state index contributed by atoms with van der Waals surface area (Å²) in [5.41, 5.74) is 0.793. The van der Waals surface area contributed by atoms with Gasteiger partial charge >= 0.3 is 0 Å². The summed E-state index contributed by atoms with van der Waals surface area (Å²) in [7, 11) is 7.22. The average molecular weight is 296 g/mol. The molecule has 1 aromatic carbocycles. The van der Waals surface area contributed by atoms with Gasteiger partial charge in [-0.3, -0.25) is 0 Å². The monoisotopic (exact) mass is 296 g/mol. The maximum atomic E-state index is 5.53. The molecule has 0 saturated heterocycles. The number of hydrogen-bond acceptors (Lipinski definition) is 5. The predicted molar refractivity (Wildman–Crippen MR) is 76.7 cm³/mol. The molecule has 0 fully saturated rings. The van der Waals surface area contributed by atoms with Crippen molar-refractivity contribution in [3.8, 4) is 23.0 Å². The number of quaternary nitrogens is 1. The van der Waals surface area contributed by atoms with Crippen LogP contribution in [0.3, 0.4) is 0 Å². The summed E-state index contributed by atoms with van der Waals surface area (Å²) in [5, 5.41) is 4.38. The van der Waals surface area contributed by atoms with E-state index < -0.39 is 0 Å². The van der Waals surface area contributed by atoms with Gasteiger partial charge in [0.05, 0.1) is 28.3 Å². The van der Waals surface area contributed by atoms with Gasteiger partial charge in [0.15, 0.2) is 18.2 Å². The smallest absolute Gasteiger partial charge is 0.292 e. The number of methoxy groups -OCH3 is 2. The quantitative estimate of drug-likeness (QED) is 0.834. The second kappa shape index (κ2) is 6.06. The molecule has 20 heavy (non-hydrogen) atoms. The second-order valence-corrected chi connectivity index (χ2v) is 4.96. The standard InChI is InChI=1S/C13H17N3O3S/c1-15(2)8-16-13(20)19-12(14-16)9-5-6-10(17-3)11(7-9)18-4/h5-7H,8H2,1-4H3/p+1. The third kappa shape index (κ3) is 3.00. The molecule has 1 heterocycles. The van der Waals surface area contributed by atoms with Crippen LogP contribution in [-0.4, -0.2) is 38.1 Å². The third-order valence-electron chi connectivity index (χ3n) is 2.70. The van der Waals surface area contributed by atoms with Crippen LogP contribution in [0.5, 0.6) is 11.5 Å². The number of ether oxygens (including phenoxy) is 2. The second-order valence-electron chi connectivity index (χ2n) is 4.61. The van der Waals surface area contributed by atoms with Crippen LogP contribution in [0.4, 0.5) is 0 Å². The Hall–Kier alpha value is -1.86. The number of nitrogens with one attached hydrogen (secondary N) is 1. The fraction of sp³-hybridized carbons (Fsp3) is 0.385. The van der Waals surface area contributed by atoms with Gasteiger partial charge < -0.3 is 18.8 Å². The lowest BCUT2D eigenvalue weighted by Gasteiger charge is -2.07. The van der Waals surface area contributed by atoms with Gasteiger partial charge in [-0.1, -0.05) is 0 Å². The minimum absolute atomic E-state index is 0.357. The zero-order valence-electron chi connectivity index (χ0n) is 12.0. The van der Waals surface area contributed by atoms with Gasteiger partial charge in [-0.2, -0.15) is 4.68 Å². The zero-order chi connectivity index (χ0) is 14.7. The van der Waals surface area contributed by atoms with Crippen molar-refractivity contribution in [2.45, 2.75) is 6.67 Å². The molecule has 0 spiro atoms. The lowest BCUT2D eigenvalue weighted by atomic mass is 10.2. The molecule has 0 aliphatic rings. The Morgan fingerprint density at radius 3 is 2.55 bits per heavy atom. The number of aromatic nitrogens is 2. The van der Waals surface area contributed by atoms with E-state index >= 15 is 0 Å². The minimum Gasteiger partial charge on any atom is -0.493 e. The summed E-state index contributed by atoms with van der Waals surface area (Å²) in [6.07, 6.45) is 0. The Bertz CT molecular complexity index is 649. The van der Waals surface area contributed by atoms with Gasteiger partial charge in [-0.15, -0.1) is 5.10 Å². The largest absolute Gasteiger partial charge is 0.493 e. The van der Waals surface area contributed by atoms with Crippen molar-refractivity contribution in [3.63, 3.8) is 0 Å². The van der Waals surface area contributed by atoms with Crippen molar-refractivity contribution in [3.05, 3.63) is 23.0 Å². The SMILES string of the molecule is COc1ccc(-c2nn(C[NH+](C)C)c(=S)o2)cc1OC. The van der Waals surface area contributed by atoms with Gasteiger partial charge in [-0.25, -0.2) is 0 Å². The molecule has 0 amide bonds. The molecule has 2 aromatic rings. The highest BCUT2D eigenvalue weighted by Crippen LogP contribution is 2.31. The zero-order valence-corrected chi connectivity index (χ0v) is 12.8. The van der Waals surface area contributed by atoms with Crippen molar-refractivity contribution in [1.29, 1.82) is 0 Å². The van der Waals surface area contributed by atoms with E-state index in [4.69, 9.17) is 26.1 Å². The lowest BCUT2D eigenvalue weighted by Crippen LogP contribution is -3.05. The van der Waals surface area contributed by atoms with Crippen LogP contribution in [-0.2, 0) is 6.67 Å². The Morgan fingerprint density at radius 2 is 1.95 bits per heavy atom. The first kappa shape index (κ1) is 14.5. The molecule has 0 bridgehead atoms. The number of rotatable bonds is 5. The fourth-order valence-corrected chi connectivity index (χ4v) is 1.98. The molecule has 2 rings (SSSR count). The molecule has 1 N–H and O–H groups in total. The fourth-order valence-electron chi connectivity index (χ4n) is 1.79. The van der Waals surface area contributed by atoms with Crippen LogP contribution in [0.25, 0.3) is 11.5 Å². The molecule has 0 saturated carbocycles. The van der Waals surface area contributed by atoms with Gasteiger partial charge in [-0.05, 0) is 30.4 Å². The van der Waals surface area contributed by atoms with Crippen molar-refractivity contribution in [1.82, 2.24) is 9.78 Å². The molecule has 7 heteroatoms. The summed E-state index contributed by atoms with van der Waals surface area (Å²) in [6, 6.07) is 5.48. The molecular formula is C13H18N3O3S+. The van der Waals surface area contributed by atoms with Crippen molar-refractivity contribution < 1.29 is 18.8 Å². The van der Waals surface area contributed by atoms with Gasteiger partial charge in [0.25, 0.3) is 4.84 Å². The summed E-state index contributed by atoms with van der Waals surface area (Å²) < 4.78 is 17.7. The van der Waals surface area contributed by atoms with Gasteiger partial charge in [0.2, 0.25) is 5.89 Å². The van der Waals surface area contributed by atoms with Crippen molar-refractivity contribution in [2.24, 2.45) is 0 Å². The lowest BCUT2D eigenvalue weighted by molar-refractivity contribution is -0.883. The topological polar surface area (TPSA) is 53.9 Å². The Labute approximate surface area is 122 Å². The number of nitrogens with zero attached hydrogens (tertiary/aromatic N) is 2. The molecule has 1 aromatic heterocycles. The van der Waals surface area contributed by atoms with Crippen LogP contribution < -0.4 is 14.4 Å². The normalized spacial score (nSPS) is 10.8. The summed E-state index contributed by atoms with van der Waals surface area (Å²) in [5.74, 6) is 1.75. The molecule has 0 aliphatic carbocycles. The first-order chi connectivity index (χ1) is 9.55. The van der Waals surface area contributed by atoms with E-state index in [0.29, 0.717) is 28.9 Å². The molecule has 6 nitrogen and oxygen atoms in total. The maximum absolute atomic E-state index is 5.53. The molecular weight excluding hydrogens is 278 g/mol. The highest BCUT2D eigenvalue weighted by molar-refractivity contribution is 7.71. The highest BCUT2D eigenvalue weighted by Gasteiger charge is 2.13. The van der Waals surface area contributed by atoms with E-state index in [0.717, 1.165) is 5.56 Å². The molecule has 0 radical (unpaired) electrons. The first-order valence-electron chi connectivity index (χ1n) is 6.14. The van der Waals surface area contributed by atoms with Crippen molar-refractivity contribution >= 4 is 12.2 Å². The van der Waals surface area contributed by atoms with Crippen molar-refractivity contribution in [2.75, 3.05) is 28.3 Å². The van der Waals surface area contributed by atoms with E-state index in [1.165, 1.54) is 4.90 Å². The van der Waals surface area contributed by atoms with Crippen LogP contribution >= 0.6 is 12.2 Å². The summed E-state index contributed by atoms with van der Waals surface area (Å²) >= 11 is 5.17. The Balaban J connectivity index is 2.39. The van der Waals surface area contributed by atoms with E-state index in [2.05, 4.69) is 5.10 Å². The van der Waals surface area contributed by atoms with E-state index in [-0.39, 0.29) is 0 Å². The molecule has 0 atom stereocenters. The maximum Gasteiger partial charge on any atom is 0.292 e. The molecule has 0 unspecified atom stereocenters. The van der Waals surface area contributed by atoms with Crippen LogP contribution in [0, 0.1) is 4.84 Å². The Morgan fingerprint density at radius 1 is 1.25 bits per heavy atom. The average Bonchev–Trinajstić information content (AvgIpc) is 2.78.